The van der Waals surface area contributed by atoms with E-state index >= 15 is 0 Å². The van der Waals surface area contributed by atoms with E-state index in [1.807, 2.05) is 0 Å². The Morgan fingerprint density at radius 2 is 1.79 bits per heavy atom. The van der Waals surface area contributed by atoms with Crippen molar-refractivity contribution in [1.29, 1.82) is 0 Å². The Labute approximate surface area is 146 Å². The third-order valence-electron chi connectivity index (χ3n) is 5.51. The molecular formula is C18H34N4O2. The second-order valence-corrected chi connectivity index (χ2v) is 7.67. The first-order valence-corrected chi connectivity index (χ1v) is 9.38. The minimum absolute atomic E-state index is 0.147. The Balaban J connectivity index is 1.65. The maximum atomic E-state index is 12.3. The molecule has 0 aromatic carbocycles. The van der Waals surface area contributed by atoms with Crippen molar-refractivity contribution in [3.63, 3.8) is 0 Å². The van der Waals surface area contributed by atoms with E-state index in [-0.39, 0.29) is 17.9 Å². The topological polar surface area (TPSA) is 64.7 Å². The van der Waals surface area contributed by atoms with Crippen LogP contribution in [0.25, 0.3) is 0 Å². The molecule has 138 valence electrons. The van der Waals surface area contributed by atoms with E-state index < -0.39 is 0 Å². The number of carbonyl (C=O) groups is 2. The summed E-state index contributed by atoms with van der Waals surface area (Å²) in [5, 5.41) is 6.59. The highest BCUT2D eigenvalue weighted by molar-refractivity contribution is 5.77. The van der Waals surface area contributed by atoms with Crippen molar-refractivity contribution in [2.75, 3.05) is 46.8 Å². The van der Waals surface area contributed by atoms with E-state index in [2.05, 4.69) is 22.5 Å². The monoisotopic (exact) mass is 338 g/mol. The number of hydrogen-bond donors (Lipinski definition) is 2. The third kappa shape index (κ3) is 6.06. The van der Waals surface area contributed by atoms with Gasteiger partial charge in [-0.1, -0.05) is 6.92 Å². The molecule has 0 aromatic rings. The number of nitrogens with one attached hydrogen (secondary N) is 2. The predicted molar refractivity (Wildman–Crippen MR) is 95.7 cm³/mol. The Kier molecular flexibility index (Phi) is 7.49. The average molecular weight is 338 g/mol. The van der Waals surface area contributed by atoms with Crippen molar-refractivity contribution < 1.29 is 9.59 Å². The summed E-state index contributed by atoms with van der Waals surface area (Å²) < 4.78 is 0. The number of rotatable bonds is 6. The lowest BCUT2D eigenvalue weighted by Gasteiger charge is -2.33. The molecule has 2 amide bonds. The standard InChI is InChI=1S/C18H34N4O2/c1-14(15-4-8-19-9-5-15)12-17(23)20-16-6-10-22(11-7-16)13-18(24)21(2)3/h14-16,19H,4-13H2,1-3H3,(H,20,23). The van der Waals surface area contributed by atoms with Crippen molar-refractivity contribution in [1.82, 2.24) is 20.4 Å². The normalized spacial score (nSPS) is 22.1. The van der Waals surface area contributed by atoms with Crippen LogP contribution in [0.1, 0.15) is 39.0 Å². The molecule has 1 unspecified atom stereocenters. The zero-order valence-corrected chi connectivity index (χ0v) is 15.5. The Morgan fingerprint density at radius 3 is 2.38 bits per heavy atom. The molecule has 0 saturated carbocycles. The summed E-state index contributed by atoms with van der Waals surface area (Å²) in [6, 6.07) is 0.267. The van der Waals surface area contributed by atoms with E-state index in [1.165, 1.54) is 12.8 Å². The van der Waals surface area contributed by atoms with Crippen LogP contribution in [0.5, 0.6) is 0 Å². The third-order valence-corrected chi connectivity index (χ3v) is 5.51. The summed E-state index contributed by atoms with van der Waals surface area (Å²) in [5.41, 5.74) is 0. The molecule has 0 bridgehead atoms. The molecule has 0 aliphatic carbocycles. The van der Waals surface area contributed by atoms with Crippen molar-refractivity contribution >= 4 is 11.8 Å². The summed E-state index contributed by atoms with van der Waals surface area (Å²) in [4.78, 5) is 27.9. The fourth-order valence-electron chi connectivity index (χ4n) is 3.73. The summed E-state index contributed by atoms with van der Waals surface area (Å²) in [7, 11) is 3.58. The minimum atomic E-state index is 0.147. The molecule has 0 spiro atoms. The Bertz CT molecular complexity index is 413. The van der Waals surface area contributed by atoms with E-state index in [4.69, 9.17) is 0 Å². The number of nitrogens with zero attached hydrogens (tertiary/aromatic N) is 2. The molecule has 2 N–H and O–H groups in total. The molecule has 2 fully saturated rings. The molecule has 2 heterocycles. The van der Waals surface area contributed by atoms with Gasteiger partial charge in [-0.15, -0.1) is 0 Å². The fourth-order valence-corrected chi connectivity index (χ4v) is 3.73. The largest absolute Gasteiger partial charge is 0.353 e. The van der Waals surface area contributed by atoms with Gasteiger partial charge in [0.15, 0.2) is 0 Å². The number of hydrogen-bond acceptors (Lipinski definition) is 4. The van der Waals surface area contributed by atoms with Crippen LogP contribution in [0, 0.1) is 11.8 Å². The van der Waals surface area contributed by atoms with Gasteiger partial charge in [0.25, 0.3) is 0 Å². The molecule has 2 saturated heterocycles. The molecule has 0 radical (unpaired) electrons. The molecule has 0 aromatic heterocycles. The van der Waals surface area contributed by atoms with E-state index in [0.29, 0.717) is 24.8 Å². The number of likely N-dealkylation sites (N-methyl/N-ethyl adjacent to an activating group) is 1. The van der Waals surface area contributed by atoms with Crippen LogP contribution >= 0.6 is 0 Å². The van der Waals surface area contributed by atoms with Gasteiger partial charge in [0, 0.05) is 39.6 Å². The van der Waals surface area contributed by atoms with Gasteiger partial charge in [-0.25, -0.2) is 0 Å². The quantitative estimate of drug-likeness (QED) is 0.748. The van der Waals surface area contributed by atoms with Gasteiger partial charge in [0.2, 0.25) is 11.8 Å². The lowest BCUT2D eigenvalue weighted by Crippen LogP contribution is -2.47. The van der Waals surface area contributed by atoms with Gasteiger partial charge >= 0.3 is 0 Å². The second-order valence-electron chi connectivity index (χ2n) is 7.67. The van der Waals surface area contributed by atoms with E-state index in [0.717, 1.165) is 39.0 Å². The summed E-state index contributed by atoms with van der Waals surface area (Å²) in [6.07, 6.45) is 4.89. The molecule has 2 aliphatic heterocycles. The van der Waals surface area contributed by atoms with E-state index in [9.17, 15) is 9.59 Å². The number of carbonyl (C=O) groups excluding carboxylic acids is 2. The van der Waals surface area contributed by atoms with Crippen LogP contribution in [-0.4, -0.2) is 74.5 Å². The maximum absolute atomic E-state index is 12.3. The van der Waals surface area contributed by atoms with Gasteiger partial charge in [-0.05, 0) is 50.6 Å². The minimum Gasteiger partial charge on any atom is -0.353 e. The summed E-state index contributed by atoms with van der Waals surface area (Å²) in [5.74, 6) is 1.48. The second kappa shape index (κ2) is 9.37. The van der Waals surface area contributed by atoms with Crippen LogP contribution in [0.4, 0.5) is 0 Å². The molecule has 2 aliphatic rings. The number of likely N-dealkylation sites (tertiary alicyclic amines) is 1. The molecule has 2 rings (SSSR count). The van der Waals surface area contributed by atoms with E-state index in [1.54, 1.807) is 19.0 Å². The Hall–Kier alpha value is -1.14. The smallest absolute Gasteiger partial charge is 0.236 e. The first kappa shape index (κ1) is 19.2. The van der Waals surface area contributed by atoms with Crippen LogP contribution in [0.3, 0.4) is 0 Å². The zero-order valence-electron chi connectivity index (χ0n) is 15.5. The van der Waals surface area contributed by atoms with Gasteiger partial charge < -0.3 is 15.5 Å². The first-order valence-electron chi connectivity index (χ1n) is 9.38. The number of piperidine rings is 2. The van der Waals surface area contributed by atoms with Gasteiger partial charge in [-0.2, -0.15) is 0 Å². The highest BCUT2D eigenvalue weighted by Crippen LogP contribution is 2.24. The molecule has 1 atom stereocenters. The average Bonchev–Trinajstić information content (AvgIpc) is 2.57. The molecular weight excluding hydrogens is 304 g/mol. The first-order chi connectivity index (χ1) is 11.5. The maximum Gasteiger partial charge on any atom is 0.236 e. The number of amides is 2. The van der Waals surface area contributed by atoms with Crippen LogP contribution in [0.15, 0.2) is 0 Å². The van der Waals surface area contributed by atoms with Crippen molar-refractivity contribution in [2.45, 2.75) is 45.1 Å². The molecule has 6 nitrogen and oxygen atoms in total. The highest BCUT2D eigenvalue weighted by atomic mass is 16.2. The Morgan fingerprint density at radius 1 is 1.17 bits per heavy atom. The van der Waals surface area contributed by atoms with Crippen LogP contribution in [0.2, 0.25) is 0 Å². The lowest BCUT2D eigenvalue weighted by molar-refractivity contribution is -0.130. The van der Waals surface area contributed by atoms with Crippen molar-refractivity contribution in [2.24, 2.45) is 11.8 Å². The summed E-state index contributed by atoms with van der Waals surface area (Å²) in [6.45, 7) is 6.63. The zero-order chi connectivity index (χ0) is 17.5. The highest BCUT2D eigenvalue weighted by Gasteiger charge is 2.25. The van der Waals surface area contributed by atoms with Crippen molar-refractivity contribution in [3.05, 3.63) is 0 Å². The van der Waals surface area contributed by atoms with Crippen LogP contribution < -0.4 is 10.6 Å². The molecule has 24 heavy (non-hydrogen) atoms. The molecule has 6 heteroatoms. The van der Waals surface area contributed by atoms with Gasteiger partial charge in [-0.3, -0.25) is 14.5 Å². The fraction of sp³-hybridized carbons (Fsp3) is 0.889. The SMILES string of the molecule is CC(CC(=O)NC1CCN(CC(=O)N(C)C)CC1)C1CCNCC1. The summed E-state index contributed by atoms with van der Waals surface area (Å²) >= 11 is 0. The predicted octanol–water partition coefficient (Wildman–Crippen LogP) is 0.681. The lowest BCUT2D eigenvalue weighted by atomic mass is 9.84. The van der Waals surface area contributed by atoms with Gasteiger partial charge in [0.05, 0.1) is 6.54 Å². The van der Waals surface area contributed by atoms with Crippen LogP contribution in [-0.2, 0) is 9.59 Å². The van der Waals surface area contributed by atoms with Crippen molar-refractivity contribution in [3.8, 4) is 0 Å². The van der Waals surface area contributed by atoms with Gasteiger partial charge in [0.1, 0.15) is 0 Å².